The summed E-state index contributed by atoms with van der Waals surface area (Å²) in [5.74, 6) is 2.11. The molecule has 1 aromatic heterocycles. The molecule has 1 amide bonds. The van der Waals surface area contributed by atoms with E-state index < -0.39 is 0 Å². The molecule has 0 aliphatic carbocycles. The van der Waals surface area contributed by atoms with E-state index in [4.69, 9.17) is 18.9 Å². The maximum Gasteiger partial charge on any atom is 0.221 e. The van der Waals surface area contributed by atoms with Crippen molar-refractivity contribution < 1.29 is 18.7 Å². The molecule has 0 saturated carbocycles. The van der Waals surface area contributed by atoms with Gasteiger partial charge in [-0.1, -0.05) is 0 Å². The van der Waals surface area contributed by atoms with Crippen molar-refractivity contribution in [2.24, 2.45) is 4.99 Å². The highest BCUT2D eigenvalue weighted by atomic mass is 16.5. The number of carbonyl (C=O) groups is 1. The molecule has 0 spiro atoms. The number of fused-ring (bicyclic) bond motifs is 1. The first-order valence-electron chi connectivity index (χ1n) is 10.3. The standard InChI is InChI=1S/C26H24N2O4/c1-4-31-22-13-14-25-23(15-22)24(28-20-9-7-19(8-10-20)27-17(2)29)16-26(32-25)18-5-11-21(30-3)12-6-18/h5-16H,4H2,1-3H3,(H,27,29). The summed E-state index contributed by atoms with van der Waals surface area (Å²) in [6.45, 7) is 4.00. The van der Waals surface area contributed by atoms with Crippen molar-refractivity contribution in [3.8, 4) is 22.8 Å². The van der Waals surface area contributed by atoms with Gasteiger partial charge in [-0.3, -0.25) is 4.79 Å². The molecular weight excluding hydrogens is 404 g/mol. The summed E-state index contributed by atoms with van der Waals surface area (Å²) in [5, 5.41) is 4.37. The van der Waals surface area contributed by atoms with Gasteiger partial charge in [-0.15, -0.1) is 0 Å². The van der Waals surface area contributed by atoms with Gasteiger partial charge in [0, 0.05) is 29.6 Å². The van der Waals surface area contributed by atoms with E-state index in [-0.39, 0.29) is 5.91 Å². The van der Waals surface area contributed by atoms with Gasteiger partial charge in [0.15, 0.2) is 0 Å². The fraction of sp³-hybridized carbons (Fsp3) is 0.154. The summed E-state index contributed by atoms with van der Waals surface area (Å²) in [6.07, 6.45) is 0. The summed E-state index contributed by atoms with van der Waals surface area (Å²) >= 11 is 0. The number of ether oxygens (including phenoxy) is 2. The monoisotopic (exact) mass is 428 g/mol. The van der Waals surface area contributed by atoms with Gasteiger partial charge in [0.05, 0.1) is 24.8 Å². The quantitative estimate of drug-likeness (QED) is 0.428. The lowest BCUT2D eigenvalue weighted by molar-refractivity contribution is -0.114. The third kappa shape index (κ3) is 4.81. The Balaban J connectivity index is 1.85. The van der Waals surface area contributed by atoms with Gasteiger partial charge in [0.2, 0.25) is 5.91 Å². The molecule has 0 atom stereocenters. The third-order valence-corrected chi connectivity index (χ3v) is 4.84. The fourth-order valence-electron chi connectivity index (χ4n) is 3.36. The Morgan fingerprint density at radius 2 is 1.69 bits per heavy atom. The molecule has 4 rings (SSSR count). The largest absolute Gasteiger partial charge is 0.497 e. The second kappa shape index (κ2) is 9.39. The first-order valence-corrected chi connectivity index (χ1v) is 10.3. The van der Waals surface area contributed by atoms with Crippen LogP contribution < -0.4 is 20.1 Å². The molecule has 6 heteroatoms. The van der Waals surface area contributed by atoms with Crippen molar-refractivity contribution in [2.45, 2.75) is 13.8 Å². The van der Waals surface area contributed by atoms with Gasteiger partial charge in [0.25, 0.3) is 0 Å². The van der Waals surface area contributed by atoms with Gasteiger partial charge in [0.1, 0.15) is 22.8 Å². The minimum atomic E-state index is -0.113. The maximum atomic E-state index is 11.3. The number of methoxy groups -OCH3 is 1. The van der Waals surface area contributed by atoms with Crippen LogP contribution in [0.5, 0.6) is 11.5 Å². The second-order valence-electron chi connectivity index (χ2n) is 7.16. The Morgan fingerprint density at radius 1 is 0.969 bits per heavy atom. The SMILES string of the molecule is CCOc1ccc2oc(-c3ccc(OC)cc3)cc(=Nc3ccc(NC(C)=O)cc3)c2c1. The fourth-order valence-corrected chi connectivity index (χ4v) is 3.36. The zero-order valence-corrected chi connectivity index (χ0v) is 18.2. The summed E-state index contributed by atoms with van der Waals surface area (Å²) in [4.78, 5) is 16.1. The van der Waals surface area contributed by atoms with Crippen molar-refractivity contribution in [3.63, 3.8) is 0 Å². The molecule has 162 valence electrons. The number of hydrogen-bond acceptors (Lipinski definition) is 5. The van der Waals surface area contributed by atoms with Crippen LogP contribution >= 0.6 is 0 Å². The molecule has 0 fully saturated rings. The average molecular weight is 428 g/mol. The summed E-state index contributed by atoms with van der Waals surface area (Å²) in [5.41, 5.74) is 3.10. The minimum absolute atomic E-state index is 0.113. The number of carbonyl (C=O) groups excluding carboxylic acids is 1. The topological polar surface area (TPSA) is 73.1 Å². The molecule has 0 bridgehead atoms. The molecule has 1 N–H and O–H groups in total. The second-order valence-corrected chi connectivity index (χ2v) is 7.16. The van der Waals surface area contributed by atoms with E-state index in [1.165, 1.54) is 6.92 Å². The van der Waals surface area contributed by atoms with Crippen LogP contribution in [-0.4, -0.2) is 19.6 Å². The lowest BCUT2D eigenvalue weighted by Gasteiger charge is -2.08. The minimum Gasteiger partial charge on any atom is -0.497 e. The summed E-state index contributed by atoms with van der Waals surface area (Å²) < 4.78 is 17.1. The third-order valence-electron chi connectivity index (χ3n) is 4.84. The Hall–Kier alpha value is -4.06. The van der Waals surface area contributed by atoms with Crippen molar-refractivity contribution in [1.29, 1.82) is 0 Å². The number of nitrogens with one attached hydrogen (secondary N) is 1. The lowest BCUT2D eigenvalue weighted by Crippen LogP contribution is -2.05. The number of benzene rings is 3. The van der Waals surface area contributed by atoms with E-state index in [0.717, 1.165) is 39.2 Å². The van der Waals surface area contributed by atoms with Crippen LogP contribution in [0.4, 0.5) is 11.4 Å². The van der Waals surface area contributed by atoms with Gasteiger partial charge >= 0.3 is 0 Å². The zero-order chi connectivity index (χ0) is 22.5. The van der Waals surface area contributed by atoms with Crippen molar-refractivity contribution in [3.05, 3.63) is 78.2 Å². The van der Waals surface area contributed by atoms with Crippen LogP contribution in [0.2, 0.25) is 0 Å². The summed E-state index contributed by atoms with van der Waals surface area (Å²) in [7, 11) is 1.64. The van der Waals surface area contributed by atoms with Crippen LogP contribution in [-0.2, 0) is 4.79 Å². The van der Waals surface area contributed by atoms with E-state index in [0.29, 0.717) is 18.0 Å². The van der Waals surface area contributed by atoms with Gasteiger partial charge in [-0.25, -0.2) is 4.99 Å². The normalized spacial score (nSPS) is 11.4. The highest BCUT2D eigenvalue weighted by Gasteiger charge is 2.08. The average Bonchev–Trinajstić information content (AvgIpc) is 2.80. The van der Waals surface area contributed by atoms with E-state index in [2.05, 4.69) is 5.32 Å². The highest BCUT2D eigenvalue weighted by Crippen LogP contribution is 2.27. The lowest BCUT2D eigenvalue weighted by atomic mass is 10.1. The molecule has 0 unspecified atom stereocenters. The Kier molecular flexibility index (Phi) is 6.22. The van der Waals surface area contributed by atoms with E-state index >= 15 is 0 Å². The molecule has 1 heterocycles. The van der Waals surface area contributed by atoms with Crippen molar-refractivity contribution >= 4 is 28.3 Å². The molecule has 32 heavy (non-hydrogen) atoms. The maximum absolute atomic E-state index is 11.3. The van der Waals surface area contributed by atoms with Crippen molar-refractivity contribution in [2.75, 3.05) is 19.0 Å². The Morgan fingerprint density at radius 3 is 2.34 bits per heavy atom. The molecule has 0 aliphatic heterocycles. The number of nitrogens with zero attached hydrogens (tertiary/aromatic N) is 1. The summed E-state index contributed by atoms with van der Waals surface area (Å²) in [6, 6.07) is 22.7. The van der Waals surface area contributed by atoms with Gasteiger partial charge in [-0.2, -0.15) is 0 Å². The van der Waals surface area contributed by atoms with E-state index in [1.54, 1.807) is 7.11 Å². The Labute approximate surface area is 186 Å². The van der Waals surface area contributed by atoms with E-state index in [1.807, 2.05) is 79.7 Å². The molecule has 0 saturated heterocycles. The van der Waals surface area contributed by atoms with Crippen LogP contribution in [0.1, 0.15) is 13.8 Å². The zero-order valence-electron chi connectivity index (χ0n) is 18.2. The van der Waals surface area contributed by atoms with Crippen LogP contribution in [0.3, 0.4) is 0 Å². The van der Waals surface area contributed by atoms with Gasteiger partial charge < -0.3 is 19.2 Å². The predicted molar refractivity (Wildman–Crippen MR) is 125 cm³/mol. The first-order chi connectivity index (χ1) is 15.6. The predicted octanol–water partition coefficient (Wildman–Crippen LogP) is 5.70. The molecule has 0 aliphatic rings. The smallest absolute Gasteiger partial charge is 0.221 e. The van der Waals surface area contributed by atoms with Crippen LogP contribution in [0.25, 0.3) is 22.3 Å². The molecular formula is C26H24N2O4. The van der Waals surface area contributed by atoms with Crippen LogP contribution in [0.15, 0.2) is 82.2 Å². The number of hydrogen-bond donors (Lipinski definition) is 1. The molecule has 0 radical (unpaired) electrons. The highest BCUT2D eigenvalue weighted by molar-refractivity contribution is 5.88. The molecule has 6 nitrogen and oxygen atoms in total. The van der Waals surface area contributed by atoms with Gasteiger partial charge in [-0.05, 0) is 73.7 Å². The molecule has 4 aromatic rings. The van der Waals surface area contributed by atoms with Crippen molar-refractivity contribution in [1.82, 2.24) is 0 Å². The Bertz CT molecular complexity index is 1310. The van der Waals surface area contributed by atoms with Crippen LogP contribution in [0, 0.1) is 0 Å². The number of rotatable bonds is 6. The first kappa shape index (κ1) is 21.2. The number of anilines is 1. The number of amides is 1. The molecule has 3 aromatic carbocycles. The van der Waals surface area contributed by atoms with E-state index in [9.17, 15) is 4.79 Å².